The quantitative estimate of drug-likeness (QED) is 0.784. The molecule has 0 bridgehead atoms. The summed E-state index contributed by atoms with van der Waals surface area (Å²) in [5.74, 6) is 0.462. The van der Waals surface area contributed by atoms with E-state index in [0.717, 1.165) is 18.4 Å². The van der Waals surface area contributed by atoms with E-state index >= 15 is 0 Å². The maximum atomic E-state index is 12.9. The molecule has 0 unspecified atom stereocenters. The number of hydrogen-bond acceptors (Lipinski definition) is 4. The van der Waals surface area contributed by atoms with Gasteiger partial charge in [0.2, 0.25) is 15.9 Å². The summed E-state index contributed by atoms with van der Waals surface area (Å²) < 4.78 is 32.5. The molecule has 0 atom stereocenters. The third-order valence-corrected chi connectivity index (χ3v) is 6.19. The van der Waals surface area contributed by atoms with Gasteiger partial charge in [-0.15, -0.1) is 0 Å². The van der Waals surface area contributed by atoms with Crippen molar-refractivity contribution in [2.24, 2.45) is 0 Å². The van der Waals surface area contributed by atoms with Gasteiger partial charge in [0.15, 0.2) is 0 Å². The first-order valence-corrected chi connectivity index (χ1v) is 9.76. The summed E-state index contributed by atoms with van der Waals surface area (Å²) in [5.41, 5.74) is 0.864. The fraction of sp³-hybridized carbons (Fsp3) is 0.588. The van der Waals surface area contributed by atoms with Crippen LogP contribution in [0.4, 0.5) is 0 Å². The molecule has 0 aliphatic carbocycles. The molecule has 0 aromatic heterocycles. The molecule has 134 valence electrons. The molecule has 1 aromatic carbocycles. The number of ether oxygens (including phenoxy) is 1. The lowest BCUT2D eigenvalue weighted by Crippen LogP contribution is -2.50. The van der Waals surface area contributed by atoms with E-state index in [1.807, 2.05) is 19.9 Å². The molecule has 1 aliphatic heterocycles. The Morgan fingerprint density at radius 3 is 2.46 bits per heavy atom. The Hall–Kier alpha value is -1.60. The largest absolute Gasteiger partial charge is 0.495 e. The van der Waals surface area contributed by atoms with E-state index in [9.17, 15) is 13.2 Å². The van der Waals surface area contributed by atoms with Gasteiger partial charge in [0.05, 0.1) is 7.11 Å². The third kappa shape index (κ3) is 4.08. The van der Waals surface area contributed by atoms with E-state index in [2.05, 4.69) is 0 Å². The number of hydrogen-bond donors (Lipinski definition) is 0. The first kappa shape index (κ1) is 18.7. The molecule has 2 rings (SSSR count). The molecule has 1 fully saturated rings. The number of piperazine rings is 1. The van der Waals surface area contributed by atoms with Crippen molar-refractivity contribution in [2.75, 3.05) is 33.3 Å². The van der Waals surface area contributed by atoms with Crippen LogP contribution in [0.25, 0.3) is 0 Å². The summed E-state index contributed by atoms with van der Waals surface area (Å²) in [6.07, 6.45) is 2.39. The van der Waals surface area contributed by atoms with Gasteiger partial charge in [0.1, 0.15) is 10.6 Å². The van der Waals surface area contributed by atoms with Gasteiger partial charge in [-0.25, -0.2) is 8.42 Å². The number of aryl methyl sites for hydroxylation is 1. The minimum Gasteiger partial charge on any atom is -0.495 e. The number of nitrogens with zero attached hydrogens (tertiary/aromatic N) is 2. The number of unbranched alkanes of at least 4 members (excludes halogenated alkanes) is 1. The van der Waals surface area contributed by atoms with Crippen molar-refractivity contribution in [3.05, 3.63) is 23.8 Å². The number of carbonyl (C=O) groups is 1. The Bertz CT molecular complexity index is 680. The summed E-state index contributed by atoms with van der Waals surface area (Å²) in [5, 5.41) is 0. The van der Waals surface area contributed by atoms with Crippen molar-refractivity contribution in [3.63, 3.8) is 0 Å². The van der Waals surface area contributed by atoms with Gasteiger partial charge in [0.25, 0.3) is 0 Å². The van der Waals surface area contributed by atoms with Gasteiger partial charge in [-0.3, -0.25) is 4.79 Å². The maximum absolute atomic E-state index is 12.9. The number of sulfonamides is 1. The minimum atomic E-state index is -3.62. The predicted octanol–water partition coefficient (Wildman–Crippen LogP) is 2.03. The molecule has 0 N–H and O–H groups in total. The van der Waals surface area contributed by atoms with Crippen molar-refractivity contribution in [1.29, 1.82) is 0 Å². The minimum absolute atomic E-state index is 0.113. The molecule has 0 saturated carbocycles. The summed E-state index contributed by atoms with van der Waals surface area (Å²) in [4.78, 5) is 14.0. The van der Waals surface area contributed by atoms with Crippen LogP contribution < -0.4 is 4.74 Å². The zero-order chi connectivity index (χ0) is 17.7. The lowest BCUT2D eigenvalue weighted by Gasteiger charge is -2.34. The van der Waals surface area contributed by atoms with Crippen LogP contribution in [-0.4, -0.2) is 56.8 Å². The summed E-state index contributed by atoms with van der Waals surface area (Å²) in [6.45, 7) is 5.41. The smallest absolute Gasteiger partial charge is 0.246 e. The second-order valence-corrected chi connectivity index (χ2v) is 7.95. The number of methoxy groups -OCH3 is 1. The summed E-state index contributed by atoms with van der Waals surface area (Å²) in [7, 11) is -2.16. The topological polar surface area (TPSA) is 66.9 Å². The van der Waals surface area contributed by atoms with E-state index in [-0.39, 0.29) is 10.8 Å². The van der Waals surface area contributed by atoms with Gasteiger partial charge in [0, 0.05) is 32.6 Å². The van der Waals surface area contributed by atoms with Crippen molar-refractivity contribution in [3.8, 4) is 5.75 Å². The van der Waals surface area contributed by atoms with Crippen LogP contribution in [0.3, 0.4) is 0 Å². The Morgan fingerprint density at radius 1 is 1.21 bits per heavy atom. The zero-order valence-corrected chi connectivity index (χ0v) is 15.4. The van der Waals surface area contributed by atoms with Gasteiger partial charge < -0.3 is 9.64 Å². The molecular weight excluding hydrogens is 328 g/mol. The van der Waals surface area contributed by atoms with Crippen LogP contribution in [0.2, 0.25) is 0 Å². The van der Waals surface area contributed by atoms with Crippen molar-refractivity contribution in [2.45, 2.75) is 38.0 Å². The molecule has 6 nitrogen and oxygen atoms in total. The molecule has 24 heavy (non-hydrogen) atoms. The highest BCUT2D eigenvalue weighted by atomic mass is 32.2. The molecule has 1 saturated heterocycles. The summed E-state index contributed by atoms with van der Waals surface area (Å²) >= 11 is 0. The highest BCUT2D eigenvalue weighted by Crippen LogP contribution is 2.28. The van der Waals surface area contributed by atoms with Crippen molar-refractivity contribution < 1.29 is 17.9 Å². The second kappa shape index (κ2) is 7.98. The van der Waals surface area contributed by atoms with Crippen LogP contribution in [0.1, 0.15) is 31.7 Å². The Balaban J connectivity index is 2.10. The lowest BCUT2D eigenvalue weighted by atomic mass is 10.2. The molecule has 1 heterocycles. The molecule has 1 amide bonds. The standard InChI is InChI=1S/C17H26N2O4S/c1-4-5-6-17(20)18-9-11-19(12-10-18)24(21,22)16-13-14(2)7-8-15(16)23-3/h7-8,13H,4-6,9-12H2,1-3H3. The Morgan fingerprint density at radius 2 is 1.88 bits per heavy atom. The highest BCUT2D eigenvalue weighted by Gasteiger charge is 2.31. The molecule has 1 aromatic rings. The highest BCUT2D eigenvalue weighted by molar-refractivity contribution is 7.89. The van der Waals surface area contributed by atoms with Gasteiger partial charge in [-0.05, 0) is 31.0 Å². The van der Waals surface area contributed by atoms with E-state index in [1.165, 1.54) is 11.4 Å². The van der Waals surface area contributed by atoms with Gasteiger partial charge >= 0.3 is 0 Å². The number of benzene rings is 1. The Labute approximate surface area is 144 Å². The van der Waals surface area contributed by atoms with Crippen molar-refractivity contribution >= 4 is 15.9 Å². The number of amides is 1. The van der Waals surface area contributed by atoms with Crippen LogP contribution >= 0.6 is 0 Å². The Kier molecular flexibility index (Phi) is 6.23. The fourth-order valence-electron chi connectivity index (χ4n) is 2.79. The van der Waals surface area contributed by atoms with Crippen LogP contribution in [0.15, 0.2) is 23.1 Å². The fourth-order valence-corrected chi connectivity index (χ4v) is 4.45. The molecule has 1 aliphatic rings. The third-order valence-electron chi connectivity index (χ3n) is 4.27. The van der Waals surface area contributed by atoms with Crippen LogP contribution in [0, 0.1) is 6.92 Å². The first-order chi connectivity index (χ1) is 11.4. The van der Waals surface area contributed by atoms with Gasteiger partial charge in [-0.1, -0.05) is 19.4 Å². The molecule has 0 radical (unpaired) electrons. The van der Waals surface area contributed by atoms with E-state index < -0.39 is 10.0 Å². The first-order valence-electron chi connectivity index (χ1n) is 8.32. The number of carbonyl (C=O) groups excluding carboxylic acids is 1. The monoisotopic (exact) mass is 354 g/mol. The number of rotatable bonds is 6. The zero-order valence-electron chi connectivity index (χ0n) is 14.6. The van der Waals surface area contributed by atoms with Crippen molar-refractivity contribution in [1.82, 2.24) is 9.21 Å². The SMILES string of the molecule is CCCCC(=O)N1CCN(S(=O)(=O)c2cc(C)ccc2OC)CC1. The normalized spacial score (nSPS) is 16.2. The van der Waals surface area contributed by atoms with Crippen LogP contribution in [-0.2, 0) is 14.8 Å². The summed E-state index contributed by atoms with van der Waals surface area (Å²) in [6, 6.07) is 5.13. The van der Waals surface area contributed by atoms with E-state index in [0.29, 0.717) is 38.3 Å². The van der Waals surface area contributed by atoms with Gasteiger partial charge in [-0.2, -0.15) is 4.31 Å². The average Bonchev–Trinajstić information content (AvgIpc) is 2.59. The predicted molar refractivity (Wildman–Crippen MR) is 92.6 cm³/mol. The van der Waals surface area contributed by atoms with Crippen LogP contribution in [0.5, 0.6) is 5.75 Å². The molecule has 7 heteroatoms. The van der Waals surface area contributed by atoms with E-state index in [4.69, 9.17) is 4.74 Å². The second-order valence-electron chi connectivity index (χ2n) is 6.04. The molecular formula is C17H26N2O4S. The maximum Gasteiger partial charge on any atom is 0.246 e. The van der Waals surface area contributed by atoms with E-state index in [1.54, 1.807) is 17.0 Å². The average molecular weight is 354 g/mol. The molecule has 0 spiro atoms. The lowest BCUT2D eigenvalue weighted by molar-refractivity contribution is -0.132.